The fraction of sp³-hybridized carbons (Fsp3) is 0.476. The Labute approximate surface area is 162 Å². The molecule has 2 aromatic heterocycles. The molecule has 4 atom stereocenters. The molecule has 146 valence electrons. The van der Waals surface area contributed by atoms with Crippen molar-refractivity contribution in [1.82, 2.24) is 19.6 Å². The number of aromatic nitrogens is 3. The highest BCUT2D eigenvalue weighted by molar-refractivity contribution is 5.78. The van der Waals surface area contributed by atoms with Crippen molar-refractivity contribution in [3.8, 4) is 0 Å². The van der Waals surface area contributed by atoms with Gasteiger partial charge < -0.3 is 19.1 Å². The van der Waals surface area contributed by atoms with Gasteiger partial charge in [0, 0.05) is 19.2 Å². The van der Waals surface area contributed by atoms with Crippen molar-refractivity contribution in [2.75, 3.05) is 13.1 Å². The number of carbonyl (C=O) groups is 1. The lowest BCUT2D eigenvalue weighted by molar-refractivity contribution is -0.130. The van der Waals surface area contributed by atoms with Crippen LogP contribution in [0.2, 0.25) is 0 Å². The lowest BCUT2D eigenvalue weighted by Gasteiger charge is -2.36. The van der Waals surface area contributed by atoms with Crippen molar-refractivity contribution in [3.63, 3.8) is 0 Å². The molecular formula is C21H24N4O3. The minimum absolute atomic E-state index is 0.000579. The summed E-state index contributed by atoms with van der Waals surface area (Å²) in [6.07, 6.45) is 3.23. The summed E-state index contributed by atoms with van der Waals surface area (Å²) in [6, 6.07) is 9.82. The predicted octanol–water partition coefficient (Wildman–Crippen LogP) is 2.35. The summed E-state index contributed by atoms with van der Waals surface area (Å²) >= 11 is 0. The van der Waals surface area contributed by atoms with E-state index in [1.807, 2.05) is 48.5 Å². The Morgan fingerprint density at radius 3 is 2.82 bits per heavy atom. The van der Waals surface area contributed by atoms with Gasteiger partial charge in [-0.05, 0) is 43.7 Å². The van der Waals surface area contributed by atoms with Crippen LogP contribution >= 0.6 is 0 Å². The van der Waals surface area contributed by atoms with Gasteiger partial charge in [-0.15, -0.1) is 0 Å². The second-order valence-corrected chi connectivity index (χ2v) is 8.18. The molecule has 7 nitrogen and oxygen atoms in total. The van der Waals surface area contributed by atoms with E-state index in [-0.39, 0.29) is 18.4 Å². The molecule has 28 heavy (non-hydrogen) atoms. The van der Waals surface area contributed by atoms with E-state index >= 15 is 0 Å². The number of aliphatic hydroxyl groups excluding tert-OH is 1. The van der Waals surface area contributed by atoms with E-state index in [2.05, 4.69) is 14.7 Å². The summed E-state index contributed by atoms with van der Waals surface area (Å²) < 4.78 is 7.30. The average molecular weight is 380 g/mol. The first-order chi connectivity index (χ1) is 13.6. The molecule has 2 aliphatic rings. The van der Waals surface area contributed by atoms with Crippen LogP contribution < -0.4 is 0 Å². The van der Waals surface area contributed by atoms with Gasteiger partial charge in [0.25, 0.3) is 0 Å². The van der Waals surface area contributed by atoms with Crippen LogP contribution in [0.15, 0.2) is 41.2 Å². The summed E-state index contributed by atoms with van der Waals surface area (Å²) in [7, 11) is 0. The molecule has 1 N–H and O–H groups in total. The van der Waals surface area contributed by atoms with Crippen LogP contribution in [0.4, 0.5) is 0 Å². The lowest BCUT2D eigenvalue weighted by atomic mass is 9.77. The smallest absolute Gasteiger partial charge is 0.230 e. The molecule has 2 fully saturated rings. The van der Waals surface area contributed by atoms with Gasteiger partial charge in [-0.3, -0.25) is 4.79 Å². The molecule has 1 amide bonds. The fourth-order valence-electron chi connectivity index (χ4n) is 4.91. The first-order valence-corrected chi connectivity index (χ1v) is 9.88. The maximum atomic E-state index is 12.7. The van der Waals surface area contributed by atoms with Crippen molar-refractivity contribution >= 4 is 16.9 Å². The molecule has 0 unspecified atom stereocenters. The van der Waals surface area contributed by atoms with Gasteiger partial charge in [-0.25, -0.2) is 4.98 Å². The largest absolute Gasteiger partial charge is 0.391 e. The molecular weight excluding hydrogens is 356 g/mol. The molecule has 1 saturated carbocycles. The van der Waals surface area contributed by atoms with Crippen molar-refractivity contribution < 1.29 is 14.4 Å². The number of carbonyl (C=O) groups excluding carboxylic acids is 1. The SMILES string of the molecule is Cc1cc(CC(=O)N2C[C@H]3C[C@@H](n4cnc5ccccc54)[C@H](O)C[C@H]3C2)on1. The first kappa shape index (κ1) is 17.4. The van der Waals surface area contributed by atoms with Crippen LogP contribution in [-0.2, 0) is 11.2 Å². The Morgan fingerprint density at radius 2 is 2.04 bits per heavy atom. The van der Waals surface area contributed by atoms with E-state index in [9.17, 15) is 9.90 Å². The highest BCUT2D eigenvalue weighted by Gasteiger charge is 2.43. The Bertz CT molecular complexity index is 1010. The standard InChI is InChI=1S/C21H24N4O3/c1-13-6-16(28-23-13)9-21(27)24-10-14-7-19(20(26)8-15(14)11-24)25-12-22-17-4-2-3-5-18(17)25/h2-6,12,14-15,19-20,26H,7-11H2,1H3/t14-,15+,19-,20-/m1/s1. The minimum Gasteiger partial charge on any atom is -0.391 e. The zero-order valence-electron chi connectivity index (χ0n) is 15.9. The molecule has 0 radical (unpaired) electrons. The fourth-order valence-corrected chi connectivity index (χ4v) is 4.91. The molecule has 1 aliphatic carbocycles. The number of nitrogens with zero attached hydrogens (tertiary/aromatic N) is 4. The Kier molecular flexibility index (Phi) is 4.19. The van der Waals surface area contributed by atoms with Crippen LogP contribution in [0.25, 0.3) is 11.0 Å². The maximum absolute atomic E-state index is 12.7. The molecule has 7 heteroatoms. The van der Waals surface area contributed by atoms with E-state index in [0.717, 1.165) is 29.7 Å². The van der Waals surface area contributed by atoms with Crippen molar-refractivity contribution in [1.29, 1.82) is 0 Å². The topological polar surface area (TPSA) is 84.4 Å². The number of hydrogen-bond donors (Lipinski definition) is 1. The number of likely N-dealkylation sites (tertiary alicyclic amines) is 1. The molecule has 0 bridgehead atoms. The molecule has 1 aliphatic heterocycles. The number of benzene rings is 1. The number of imidazole rings is 1. The number of aryl methyl sites for hydroxylation is 1. The molecule has 0 spiro atoms. The Balaban J connectivity index is 1.31. The van der Waals surface area contributed by atoms with Crippen LogP contribution in [0.5, 0.6) is 0 Å². The summed E-state index contributed by atoms with van der Waals surface area (Å²) in [6.45, 7) is 3.31. The number of rotatable bonds is 3. The highest BCUT2D eigenvalue weighted by atomic mass is 16.5. The van der Waals surface area contributed by atoms with Gasteiger partial charge in [0.2, 0.25) is 5.91 Å². The first-order valence-electron chi connectivity index (χ1n) is 9.88. The van der Waals surface area contributed by atoms with Crippen LogP contribution in [0, 0.1) is 18.8 Å². The Hall–Kier alpha value is -2.67. The van der Waals surface area contributed by atoms with Gasteiger partial charge in [-0.2, -0.15) is 0 Å². The molecule has 3 heterocycles. The van der Waals surface area contributed by atoms with Gasteiger partial charge in [0.15, 0.2) is 0 Å². The van der Waals surface area contributed by atoms with E-state index in [0.29, 0.717) is 30.6 Å². The maximum Gasteiger partial charge on any atom is 0.230 e. The molecule has 1 aromatic carbocycles. The van der Waals surface area contributed by atoms with Crippen LogP contribution in [0.1, 0.15) is 30.3 Å². The summed E-state index contributed by atoms with van der Waals surface area (Å²) in [5.74, 6) is 1.43. The zero-order chi connectivity index (χ0) is 19.3. The number of aliphatic hydroxyl groups is 1. The van der Waals surface area contributed by atoms with E-state index < -0.39 is 6.10 Å². The van der Waals surface area contributed by atoms with Gasteiger partial charge in [0.05, 0.1) is 41.6 Å². The second-order valence-electron chi connectivity index (χ2n) is 8.18. The highest BCUT2D eigenvalue weighted by Crippen LogP contribution is 2.42. The third-order valence-corrected chi connectivity index (χ3v) is 6.30. The van der Waals surface area contributed by atoms with Crippen molar-refractivity contribution in [3.05, 3.63) is 48.1 Å². The molecule has 5 rings (SSSR count). The quantitative estimate of drug-likeness (QED) is 0.754. The number of para-hydroxylation sites is 2. The van der Waals surface area contributed by atoms with E-state index in [1.165, 1.54) is 0 Å². The molecule has 3 aromatic rings. The lowest BCUT2D eigenvalue weighted by Crippen LogP contribution is -2.36. The number of hydrogen-bond acceptors (Lipinski definition) is 5. The summed E-state index contributed by atoms with van der Waals surface area (Å²) in [5.41, 5.74) is 2.79. The third kappa shape index (κ3) is 2.99. The predicted molar refractivity (Wildman–Crippen MR) is 103 cm³/mol. The zero-order valence-corrected chi connectivity index (χ0v) is 15.9. The third-order valence-electron chi connectivity index (χ3n) is 6.30. The van der Waals surface area contributed by atoms with Gasteiger partial charge >= 0.3 is 0 Å². The van der Waals surface area contributed by atoms with Crippen LogP contribution in [-0.4, -0.2) is 49.8 Å². The minimum atomic E-state index is -0.425. The van der Waals surface area contributed by atoms with Crippen LogP contribution in [0.3, 0.4) is 0 Å². The second kappa shape index (κ2) is 6.74. The van der Waals surface area contributed by atoms with Crippen molar-refractivity contribution in [2.24, 2.45) is 11.8 Å². The summed E-state index contributed by atoms with van der Waals surface area (Å²) in [4.78, 5) is 19.1. The number of fused-ring (bicyclic) bond motifs is 2. The van der Waals surface area contributed by atoms with Gasteiger partial charge in [-0.1, -0.05) is 17.3 Å². The van der Waals surface area contributed by atoms with Crippen molar-refractivity contribution in [2.45, 2.75) is 38.3 Å². The average Bonchev–Trinajstić information content (AvgIpc) is 3.39. The number of amides is 1. The molecule has 1 saturated heterocycles. The summed E-state index contributed by atoms with van der Waals surface area (Å²) in [5, 5.41) is 14.7. The van der Waals surface area contributed by atoms with E-state index in [4.69, 9.17) is 4.52 Å². The van der Waals surface area contributed by atoms with Gasteiger partial charge in [0.1, 0.15) is 5.76 Å². The van der Waals surface area contributed by atoms with E-state index in [1.54, 1.807) is 0 Å². The normalized spacial score (nSPS) is 27.3. The monoisotopic (exact) mass is 380 g/mol. The Morgan fingerprint density at radius 1 is 1.25 bits per heavy atom.